The first-order valence-corrected chi connectivity index (χ1v) is 5.79. The standard InChI is InChI=1S/C13H17NO3/c1-9-8-14(5-6-15)12-7-11(10(2)16)3-4-13(12)17-9/h3-4,7,9,15H,5-6,8H2,1-2H3. The predicted octanol–water partition coefficient (Wildman–Crippen LogP) is 1.47. The minimum Gasteiger partial charge on any atom is -0.487 e. The van der Waals surface area contributed by atoms with Gasteiger partial charge in [0.2, 0.25) is 0 Å². The van der Waals surface area contributed by atoms with E-state index in [0.717, 1.165) is 18.0 Å². The Labute approximate surface area is 101 Å². The summed E-state index contributed by atoms with van der Waals surface area (Å²) in [6, 6.07) is 5.43. The van der Waals surface area contributed by atoms with Crippen LogP contribution >= 0.6 is 0 Å². The molecule has 0 fully saturated rings. The molecule has 0 bridgehead atoms. The lowest BCUT2D eigenvalue weighted by Gasteiger charge is -2.34. The number of Topliss-reactive ketones (excluding diaryl/α,β-unsaturated/α-hetero) is 1. The third-order valence-electron chi connectivity index (χ3n) is 2.88. The Balaban J connectivity index is 2.38. The molecule has 1 aliphatic heterocycles. The van der Waals surface area contributed by atoms with Crippen LogP contribution in [0.3, 0.4) is 0 Å². The van der Waals surface area contributed by atoms with Gasteiger partial charge in [-0.05, 0) is 32.0 Å². The largest absolute Gasteiger partial charge is 0.487 e. The minimum absolute atomic E-state index is 0.0374. The van der Waals surface area contributed by atoms with Crippen LogP contribution in [0.15, 0.2) is 18.2 Å². The molecule has 1 aromatic rings. The van der Waals surface area contributed by atoms with E-state index in [2.05, 4.69) is 4.90 Å². The summed E-state index contributed by atoms with van der Waals surface area (Å²) in [5.41, 5.74) is 1.56. The zero-order valence-electron chi connectivity index (χ0n) is 10.1. The van der Waals surface area contributed by atoms with Gasteiger partial charge in [-0.15, -0.1) is 0 Å². The molecule has 0 saturated heterocycles. The maximum atomic E-state index is 11.4. The first kappa shape index (κ1) is 11.9. The third-order valence-corrected chi connectivity index (χ3v) is 2.88. The van der Waals surface area contributed by atoms with E-state index >= 15 is 0 Å². The molecule has 1 aliphatic rings. The molecule has 1 aromatic carbocycles. The van der Waals surface area contributed by atoms with E-state index < -0.39 is 0 Å². The summed E-state index contributed by atoms with van der Waals surface area (Å²) in [6.07, 6.45) is 0.0947. The van der Waals surface area contributed by atoms with Crippen LogP contribution < -0.4 is 9.64 Å². The van der Waals surface area contributed by atoms with Gasteiger partial charge in [0, 0.05) is 12.1 Å². The zero-order chi connectivity index (χ0) is 12.4. The molecular formula is C13H17NO3. The number of ketones is 1. The molecule has 0 saturated carbocycles. The molecule has 0 aromatic heterocycles. The highest BCUT2D eigenvalue weighted by atomic mass is 16.5. The Hall–Kier alpha value is -1.55. The first-order chi connectivity index (χ1) is 8.11. The second-order valence-electron chi connectivity index (χ2n) is 4.34. The second-order valence-corrected chi connectivity index (χ2v) is 4.34. The van der Waals surface area contributed by atoms with Crippen molar-refractivity contribution in [3.63, 3.8) is 0 Å². The monoisotopic (exact) mass is 235 g/mol. The van der Waals surface area contributed by atoms with Gasteiger partial charge in [0.1, 0.15) is 11.9 Å². The molecule has 0 spiro atoms. The zero-order valence-corrected chi connectivity index (χ0v) is 10.1. The molecule has 4 heteroatoms. The highest BCUT2D eigenvalue weighted by Crippen LogP contribution is 2.34. The van der Waals surface area contributed by atoms with Crippen molar-refractivity contribution in [2.75, 3.05) is 24.6 Å². The van der Waals surface area contributed by atoms with Crippen LogP contribution in [0.4, 0.5) is 5.69 Å². The summed E-state index contributed by atoms with van der Waals surface area (Å²) in [5.74, 6) is 0.817. The van der Waals surface area contributed by atoms with Crippen molar-refractivity contribution in [2.24, 2.45) is 0 Å². The number of carbonyl (C=O) groups excluding carboxylic acids is 1. The number of fused-ring (bicyclic) bond motifs is 1. The summed E-state index contributed by atoms with van der Waals surface area (Å²) in [6.45, 7) is 4.92. The van der Waals surface area contributed by atoms with E-state index in [1.54, 1.807) is 13.0 Å². The van der Waals surface area contributed by atoms with Gasteiger partial charge in [-0.25, -0.2) is 0 Å². The first-order valence-electron chi connectivity index (χ1n) is 5.79. The number of benzene rings is 1. The number of nitrogens with zero attached hydrogens (tertiary/aromatic N) is 1. The Morgan fingerprint density at radius 1 is 1.59 bits per heavy atom. The van der Waals surface area contributed by atoms with Crippen molar-refractivity contribution in [2.45, 2.75) is 20.0 Å². The minimum atomic E-state index is 0.0374. The predicted molar refractivity (Wildman–Crippen MR) is 65.8 cm³/mol. The maximum Gasteiger partial charge on any atom is 0.159 e. The summed E-state index contributed by atoms with van der Waals surface area (Å²) in [4.78, 5) is 13.4. The van der Waals surface area contributed by atoms with Crippen molar-refractivity contribution in [1.82, 2.24) is 0 Å². The average Bonchev–Trinajstić information content (AvgIpc) is 2.28. The number of hydrogen-bond acceptors (Lipinski definition) is 4. The van der Waals surface area contributed by atoms with Gasteiger partial charge >= 0.3 is 0 Å². The van der Waals surface area contributed by atoms with Crippen molar-refractivity contribution in [1.29, 1.82) is 0 Å². The number of hydrogen-bond donors (Lipinski definition) is 1. The fraction of sp³-hybridized carbons (Fsp3) is 0.462. The number of rotatable bonds is 3. The molecule has 1 unspecified atom stereocenters. The fourth-order valence-electron chi connectivity index (χ4n) is 2.08. The normalized spacial score (nSPS) is 18.5. The smallest absolute Gasteiger partial charge is 0.159 e. The van der Waals surface area contributed by atoms with E-state index in [1.807, 2.05) is 19.1 Å². The molecule has 1 atom stereocenters. The van der Waals surface area contributed by atoms with Crippen LogP contribution in [0.25, 0.3) is 0 Å². The quantitative estimate of drug-likeness (QED) is 0.806. The number of β-amino-alcohol motifs (C(OH)–C–C–N with tert-alkyl or cyclic N) is 1. The lowest BCUT2D eigenvalue weighted by atomic mass is 10.1. The van der Waals surface area contributed by atoms with Crippen LogP contribution in [0.2, 0.25) is 0 Å². The van der Waals surface area contributed by atoms with Crippen LogP contribution in [-0.2, 0) is 0 Å². The number of ether oxygens (including phenoxy) is 1. The van der Waals surface area contributed by atoms with E-state index in [-0.39, 0.29) is 18.5 Å². The highest BCUT2D eigenvalue weighted by molar-refractivity contribution is 5.95. The number of anilines is 1. The molecule has 0 amide bonds. The van der Waals surface area contributed by atoms with E-state index in [1.165, 1.54) is 0 Å². The molecule has 4 nitrogen and oxygen atoms in total. The van der Waals surface area contributed by atoms with E-state index in [0.29, 0.717) is 12.1 Å². The van der Waals surface area contributed by atoms with Crippen molar-refractivity contribution in [3.05, 3.63) is 23.8 Å². The van der Waals surface area contributed by atoms with Gasteiger partial charge in [0.25, 0.3) is 0 Å². The lowest BCUT2D eigenvalue weighted by Crippen LogP contribution is -2.40. The van der Waals surface area contributed by atoms with Crippen LogP contribution in [-0.4, -0.2) is 36.7 Å². The van der Waals surface area contributed by atoms with Crippen LogP contribution in [0, 0.1) is 0 Å². The van der Waals surface area contributed by atoms with Crippen LogP contribution in [0.1, 0.15) is 24.2 Å². The fourth-order valence-corrected chi connectivity index (χ4v) is 2.08. The van der Waals surface area contributed by atoms with Gasteiger partial charge in [-0.3, -0.25) is 4.79 Å². The van der Waals surface area contributed by atoms with Gasteiger partial charge in [0.15, 0.2) is 5.78 Å². The average molecular weight is 235 g/mol. The van der Waals surface area contributed by atoms with E-state index in [9.17, 15) is 4.79 Å². The lowest BCUT2D eigenvalue weighted by molar-refractivity contribution is 0.101. The Morgan fingerprint density at radius 3 is 3.00 bits per heavy atom. The molecule has 0 radical (unpaired) electrons. The SMILES string of the molecule is CC(=O)c1ccc2c(c1)N(CCO)CC(C)O2. The molecule has 0 aliphatic carbocycles. The summed E-state index contributed by atoms with van der Waals surface area (Å²) >= 11 is 0. The number of aliphatic hydroxyl groups excluding tert-OH is 1. The molecular weight excluding hydrogens is 218 g/mol. The Morgan fingerprint density at radius 2 is 2.35 bits per heavy atom. The number of aliphatic hydroxyl groups is 1. The van der Waals surface area contributed by atoms with Gasteiger partial charge < -0.3 is 14.7 Å². The summed E-state index contributed by atoms with van der Waals surface area (Å²) in [5, 5.41) is 9.06. The summed E-state index contributed by atoms with van der Waals surface area (Å²) < 4.78 is 5.71. The second kappa shape index (κ2) is 4.75. The molecule has 17 heavy (non-hydrogen) atoms. The molecule has 92 valence electrons. The summed E-state index contributed by atoms with van der Waals surface area (Å²) in [7, 11) is 0. The third kappa shape index (κ3) is 2.42. The van der Waals surface area contributed by atoms with E-state index in [4.69, 9.17) is 9.84 Å². The molecule has 1 N–H and O–H groups in total. The van der Waals surface area contributed by atoms with Gasteiger partial charge in [-0.2, -0.15) is 0 Å². The maximum absolute atomic E-state index is 11.4. The topological polar surface area (TPSA) is 49.8 Å². The Kier molecular flexibility index (Phi) is 3.33. The van der Waals surface area contributed by atoms with Crippen LogP contribution in [0.5, 0.6) is 5.75 Å². The van der Waals surface area contributed by atoms with Gasteiger partial charge in [0.05, 0.1) is 18.8 Å². The van der Waals surface area contributed by atoms with Gasteiger partial charge in [-0.1, -0.05) is 0 Å². The number of carbonyl (C=O) groups is 1. The molecule has 1 heterocycles. The van der Waals surface area contributed by atoms with Crippen molar-refractivity contribution < 1.29 is 14.6 Å². The Bertz CT molecular complexity index is 431. The van der Waals surface area contributed by atoms with Crippen molar-refractivity contribution >= 4 is 11.5 Å². The highest BCUT2D eigenvalue weighted by Gasteiger charge is 2.23. The molecule has 2 rings (SSSR count). The van der Waals surface area contributed by atoms with Crippen molar-refractivity contribution in [3.8, 4) is 5.75 Å².